The summed E-state index contributed by atoms with van der Waals surface area (Å²) in [5.41, 5.74) is 1.73. The Morgan fingerprint density at radius 3 is 2.30 bits per heavy atom. The maximum Gasteiger partial charge on any atom is 0.401 e. The molecule has 1 saturated heterocycles. The van der Waals surface area contributed by atoms with Crippen molar-refractivity contribution in [2.24, 2.45) is 0 Å². The molecule has 1 aliphatic rings. The van der Waals surface area contributed by atoms with Crippen molar-refractivity contribution in [1.82, 2.24) is 4.90 Å². The van der Waals surface area contributed by atoms with E-state index in [1.54, 1.807) is 6.92 Å². The topological polar surface area (TPSA) is 26.7 Å². The van der Waals surface area contributed by atoms with E-state index in [9.17, 15) is 18.3 Å². The number of aliphatic hydroxyl groups is 1. The van der Waals surface area contributed by atoms with Gasteiger partial charge in [0.1, 0.15) is 0 Å². The van der Waals surface area contributed by atoms with Crippen molar-refractivity contribution in [3.63, 3.8) is 0 Å². The standard InChI is InChI=1S/C14H19F3N2O/c1-11(20)12-4-2-3-5-13(12)19-8-6-18(7-9-19)10-14(15,16)17/h2-5,11,20H,6-10H2,1H3. The molecule has 112 valence electrons. The summed E-state index contributed by atoms with van der Waals surface area (Å²) in [6.45, 7) is 2.69. The number of rotatable bonds is 3. The largest absolute Gasteiger partial charge is 0.401 e. The average Bonchev–Trinajstić information content (AvgIpc) is 2.38. The molecule has 1 aromatic rings. The van der Waals surface area contributed by atoms with E-state index < -0.39 is 18.8 Å². The van der Waals surface area contributed by atoms with Gasteiger partial charge in [0.15, 0.2) is 0 Å². The molecule has 2 rings (SSSR count). The van der Waals surface area contributed by atoms with Crippen LogP contribution in [0, 0.1) is 0 Å². The lowest BCUT2D eigenvalue weighted by molar-refractivity contribution is -0.146. The van der Waals surface area contributed by atoms with E-state index >= 15 is 0 Å². The van der Waals surface area contributed by atoms with Gasteiger partial charge in [-0.05, 0) is 13.0 Å². The number of halogens is 3. The maximum atomic E-state index is 12.3. The smallest absolute Gasteiger partial charge is 0.389 e. The summed E-state index contributed by atoms with van der Waals surface area (Å²) < 4.78 is 37.0. The minimum atomic E-state index is -4.14. The second-order valence-electron chi connectivity index (χ2n) is 5.11. The third-order valence-corrected chi connectivity index (χ3v) is 3.50. The average molecular weight is 288 g/mol. The Morgan fingerprint density at radius 1 is 1.15 bits per heavy atom. The molecule has 0 saturated carbocycles. The zero-order valence-electron chi connectivity index (χ0n) is 11.4. The number of anilines is 1. The molecule has 1 fully saturated rings. The highest BCUT2D eigenvalue weighted by Gasteiger charge is 2.32. The summed E-state index contributed by atoms with van der Waals surface area (Å²) >= 11 is 0. The highest BCUT2D eigenvalue weighted by atomic mass is 19.4. The fourth-order valence-electron chi connectivity index (χ4n) is 2.53. The highest BCUT2D eigenvalue weighted by Crippen LogP contribution is 2.27. The van der Waals surface area contributed by atoms with Crippen molar-refractivity contribution in [2.75, 3.05) is 37.6 Å². The van der Waals surface area contributed by atoms with E-state index in [-0.39, 0.29) is 0 Å². The van der Waals surface area contributed by atoms with Gasteiger partial charge in [-0.3, -0.25) is 4.90 Å². The van der Waals surface area contributed by atoms with Crippen LogP contribution in [0.1, 0.15) is 18.6 Å². The summed E-state index contributed by atoms with van der Waals surface area (Å²) in [5.74, 6) is 0. The van der Waals surface area contributed by atoms with Gasteiger partial charge in [-0.15, -0.1) is 0 Å². The predicted octanol–water partition coefficient (Wildman–Crippen LogP) is 2.42. The van der Waals surface area contributed by atoms with Crippen LogP contribution >= 0.6 is 0 Å². The lowest BCUT2D eigenvalue weighted by Gasteiger charge is -2.37. The number of piperazine rings is 1. The maximum absolute atomic E-state index is 12.3. The van der Waals surface area contributed by atoms with Crippen LogP contribution in [-0.2, 0) is 0 Å². The molecular weight excluding hydrogens is 269 g/mol. The Hall–Kier alpha value is -1.27. The minimum absolute atomic E-state index is 0.383. The molecule has 1 aliphatic heterocycles. The molecule has 0 radical (unpaired) electrons. The Bertz CT molecular complexity index is 440. The van der Waals surface area contributed by atoms with Gasteiger partial charge in [0.25, 0.3) is 0 Å². The van der Waals surface area contributed by atoms with Gasteiger partial charge < -0.3 is 10.0 Å². The van der Waals surface area contributed by atoms with Crippen LogP contribution in [0.25, 0.3) is 0 Å². The summed E-state index contributed by atoms with van der Waals surface area (Å²) in [5, 5.41) is 9.75. The van der Waals surface area contributed by atoms with E-state index in [1.807, 2.05) is 29.2 Å². The van der Waals surface area contributed by atoms with Crippen molar-refractivity contribution in [2.45, 2.75) is 19.2 Å². The second kappa shape index (κ2) is 6.01. The lowest BCUT2D eigenvalue weighted by atomic mass is 10.1. The van der Waals surface area contributed by atoms with Crippen molar-refractivity contribution < 1.29 is 18.3 Å². The van der Waals surface area contributed by atoms with Crippen LogP contribution in [0.5, 0.6) is 0 Å². The first-order chi connectivity index (χ1) is 9.37. The number of para-hydroxylation sites is 1. The van der Waals surface area contributed by atoms with Gasteiger partial charge in [-0.25, -0.2) is 0 Å². The lowest BCUT2D eigenvalue weighted by Crippen LogP contribution is -2.49. The van der Waals surface area contributed by atoms with E-state index in [2.05, 4.69) is 0 Å². The molecule has 1 N–H and O–H groups in total. The molecule has 0 aliphatic carbocycles. The first-order valence-corrected chi connectivity index (χ1v) is 6.68. The SMILES string of the molecule is CC(O)c1ccccc1N1CCN(CC(F)(F)F)CC1. The molecule has 1 atom stereocenters. The molecule has 1 unspecified atom stereocenters. The molecule has 0 amide bonds. The quantitative estimate of drug-likeness (QED) is 0.925. The molecule has 1 aromatic carbocycles. The van der Waals surface area contributed by atoms with Crippen molar-refractivity contribution in [1.29, 1.82) is 0 Å². The molecule has 6 heteroatoms. The Morgan fingerprint density at radius 2 is 1.75 bits per heavy atom. The number of nitrogens with zero attached hydrogens (tertiary/aromatic N) is 2. The number of hydrogen-bond acceptors (Lipinski definition) is 3. The molecule has 1 heterocycles. The van der Waals surface area contributed by atoms with Crippen LogP contribution in [0.3, 0.4) is 0 Å². The summed E-state index contributed by atoms with van der Waals surface area (Å²) in [6, 6.07) is 7.48. The zero-order chi connectivity index (χ0) is 14.8. The van der Waals surface area contributed by atoms with Crippen LogP contribution in [0.2, 0.25) is 0 Å². The first kappa shape index (κ1) is 15.1. The van der Waals surface area contributed by atoms with Gasteiger partial charge in [0.2, 0.25) is 0 Å². The van der Waals surface area contributed by atoms with Crippen molar-refractivity contribution >= 4 is 5.69 Å². The Kier molecular flexibility index (Phi) is 4.55. The van der Waals surface area contributed by atoms with Gasteiger partial charge in [-0.1, -0.05) is 18.2 Å². The number of alkyl halides is 3. The van der Waals surface area contributed by atoms with Gasteiger partial charge in [-0.2, -0.15) is 13.2 Å². The molecular formula is C14H19F3N2O. The second-order valence-corrected chi connectivity index (χ2v) is 5.11. The van der Waals surface area contributed by atoms with E-state index in [1.165, 1.54) is 4.90 Å². The molecule has 0 aromatic heterocycles. The third kappa shape index (κ3) is 3.86. The first-order valence-electron chi connectivity index (χ1n) is 6.68. The van der Waals surface area contributed by atoms with Gasteiger partial charge in [0, 0.05) is 37.4 Å². The van der Waals surface area contributed by atoms with Crippen molar-refractivity contribution in [3.05, 3.63) is 29.8 Å². The number of hydrogen-bond donors (Lipinski definition) is 1. The Balaban J connectivity index is 2.01. The monoisotopic (exact) mass is 288 g/mol. The normalized spacial score (nSPS) is 19.1. The number of benzene rings is 1. The summed E-state index contributed by atoms with van der Waals surface area (Å²) in [7, 11) is 0. The van der Waals surface area contributed by atoms with Gasteiger partial charge in [0.05, 0.1) is 12.6 Å². The van der Waals surface area contributed by atoms with Crippen LogP contribution in [0.15, 0.2) is 24.3 Å². The zero-order valence-corrected chi connectivity index (χ0v) is 11.4. The van der Waals surface area contributed by atoms with Crippen molar-refractivity contribution in [3.8, 4) is 0 Å². The third-order valence-electron chi connectivity index (χ3n) is 3.50. The van der Waals surface area contributed by atoms with E-state index in [0.29, 0.717) is 26.2 Å². The molecule has 0 bridgehead atoms. The number of aliphatic hydroxyl groups excluding tert-OH is 1. The van der Waals surface area contributed by atoms with E-state index in [4.69, 9.17) is 0 Å². The van der Waals surface area contributed by atoms with Crippen LogP contribution in [-0.4, -0.2) is 48.9 Å². The fourth-order valence-corrected chi connectivity index (χ4v) is 2.53. The summed E-state index contributed by atoms with van der Waals surface area (Å²) in [6.07, 6.45) is -4.72. The highest BCUT2D eigenvalue weighted by molar-refractivity contribution is 5.54. The minimum Gasteiger partial charge on any atom is -0.389 e. The van der Waals surface area contributed by atoms with Crippen LogP contribution < -0.4 is 4.90 Å². The molecule has 20 heavy (non-hydrogen) atoms. The van der Waals surface area contributed by atoms with E-state index in [0.717, 1.165) is 11.3 Å². The molecule has 3 nitrogen and oxygen atoms in total. The van der Waals surface area contributed by atoms with Crippen LogP contribution in [0.4, 0.5) is 18.9 Å². The Labute approximate surface area is 116 Å². The summed E-state index contributed by atoms with van der Waals surface area (Å²) in [4.78, 5) is 3.45. The predicted molar refractivity (Wildman–Crippen MR) is 71.8 cm³/mol. The van der Waals surface area contributed by atoms with Gasteiger partial charge >= 0.3 is 6.18 Å². The fraction of sp³-hybridized carbons (Fsp3) is 0.571. The molecule has 0 spiro atoms.